The highest BCUT2D eigenvalue weighted by Gasteiger charge is 2.13. The van der Waals surface area contributed by atoms with E-state index in [2.05, 4.69) is 26.2 Å². The second-order valence-corrected chi connectivity index (χ2v) is 4.84. The van der Waals surface area contributed by atoms with E-state index >= 15 is 0 Å². The Bertz CT molecular complexity index is 331. The van der Waals surface area contributed by atoms with Crippen LogP contribution in [0.5, 0.6) is 0 Å². The predicted octanol–water partition coefficient (Wildman–Crippen LogP) is 0.895. The molecule has 0 aliphatic carbocycles. The Hall–Kier alpha value is -0.120. The second kappa shape index (κ2) is 6.46. The van der Waals surface area contributed by atoms with Gasteiger partial charge in [-0.3, -0.25) is 4.79 Å². The molecule has 0 saturated heterocycles. The average Bonchev–Trinajstić information content (AvgIpc) is 2.64. The van der Waals surface area contributed by atoms with Crippen LogP contribution in [0.4, 0.5) is 0 Å². The molecule has 0 radical (unpaired) electrons. The lowest BCUT2D eigenvalue weighted by Crippen LogP contribution is -2.25. The van der Waals surface area contributed by atoms with Crippen LogP contribution in [0.2, 0.25) is 0 Å². The van der Waals surface area contributed by atoms with Gasteiger partial charge in [0, 0.05) is 41.0 Å². The van der Waals surface area contributed by atoms with Crippen LogP contribution in [0.3, 0.4) is 0 Å². The maximum atomic E-state index is 11.7. The molecule has 1 heterocycles. The molecule has 0 atom stereocenters. The number of carbonyl (C=O) groups is 1. The molecule has 84 valence electrons. The van der Waals surface area contributed by atoms with Crippen molar-refractivity contribution in [3.05, 3.63) is 18.2 Å². The van der Waals surface area contributed by atoms with E-state index in [0.717, 1.165) is 0 Å². The first-order valence-electron chi connectivity index (χ1n) is 4.33. The zero-order valence-corrected chi connectivity index (χ0v) is 11.2. The van der Waals surface area contributed by atoms with Crippen molar-refractivity contribution in [2.45, 2.75) is 0 Å². The Labute approximate surface area is 105 Å². The summed E-state index contributed by atoms with van der Waals surface area (Å²) >= 11 is 2.08. The molecule has 15 heavy (non-hydrogen) atoms. The molecule has 0 aliphatic rings. The SMILES string of the molecule is Cn1cnc(C(=O)CN(CCO)SI)c1. The number of ketones is 1. The standard InChI is InChI=1S/C8H12IN3O2S/c1-11-4-7(10-6-11)8(14)5-12(15-9)2-3-13/h4,6,13H,2-3,5H2,1H3. The predicted molar refractivity (Wildman–Crippen MR) is 67.8 cm³/mol. The van der Waals surface area contributed by atoms with E-state index in [0.29, 0.717) is 12.2 Å². The summed E-state index contributed by atoms with van der Waals surface area (Å²) in [6, 6.07) is 0. The lowest BCUT2D eigenvalue weighted by molar-refractivity contribution is 0.0962. The fourth-order valence-corrected chi connectivity index (χ4v) is 2.37. The average molecular weight is 341 g/mol. The number of halogens is 1. The molecule has 7 heteroatoms. The fourth-order valence-electron chi connectivity index (χ4n) is 1.05. The van der Waals surface area contributed by atoms with Crippen LogP contribution in [0.1, 0.15) is 10.5 Å². The van der Waals surface area contributed by atoms with Crippen LogP contribution < -0.4 is 0 Å². The summed E-state index contributed by atoms with van der Waals surface area (Å²) in [6.07, 6.45) is 3.29. The van der Waals surface area contributed by atoms with Crippen LogP contribution in [0.15, 0.2) is 12.5 Å². The number of aryl methyl sites for hydroxylation is 1. The summed E-state index contributed by atoms with van der Waals surface area (Å²) in [6.45, 7) is 0.795. The van der Waals surface area contributed by atoms with Gasteiger partial charge in [0.2, 0.25) is 0 Å². The van der Waals surface area contributed by atoms with Crippen LogP contribution >= 0.6 is 30.3 Å². The monoisotopic (exact) mass is 341 g/mol. The van der Waals surface area contributed by atoms with Crippen molar-refractivity contribution < 1.29 is 9.90 Å². The van der Waals surface area contributed by atoms with E-state index < -0.39 is 0 Å². The molecule has 0 bridgehead atoms. The van der Waals surface area contributed by atoms with Crippen LogP contribution in [0.25, 0.3) is 0 Å². The number of imidazole rings is 1. The van der Waals surface area contributed by atoms with Gasteiger partial charge in [0.05, 0.1) is 19.5 Å². The van der Waals surface area contributed by atoms with Gasteiger partial charge in [-0.25, -0.2) is 9.29 Å². The topological polar surface area (TPSA) is 58.4 Å². The Morgan fingerprint density at radius 1 is 1.80 bits per heavy atom. The maximum absolute atomic E-state index is 11.7. The number of aliphatic hydroxyl groups is 1. The van der Waals surface area contributed by atoms with E-state index in [1.54, 1.807) is 21.4 Å². The lowest BCUT2D eigenvalue weighted by atomic mass is 10.3. The lowest BCUT2D eigenvalue weighted by Gasteiger charge is -2.14. The highest BCUT2D eigenvalue weighted by atomic mass is 127. The normalized spacial score (nSPS) is 10.9. The van der Waals surface area contributed by atoms with Crippen molar-refractivity contribution in [3.63, 3.8) is 0 Å². The van der Waals surface area contributed by atoms with Gasteiger partial charge in [-0.1, -0.05) is 0 Å². The van der Waals surface area contributed by atoms with Gasteiger partial charge in [0.15, 0.2) is 5.78 Å². The molecule has 1 aromatic rings. The van der Waals surface area contributed by atoms with Gasteiger partial charge in [-0.2, -0.15) is 0 Å². The van der Waals surface area contributed by atoms with Crippen molar-refractivity contribution in [2.75, 3.05) is 19.7 Å². The van der Waals surface area contributed by atoms with Crippen molar-refractivity contribution in [2.24, 2.45) is 7.05 Å². The largest absolute Gasteiger partial charge is 0.395 e. The number of rotatable bonds is 6. The number of carbonyl (C=O) groups excluding carboxylic acids is 1. The molecule has 5 nitrogen and oxygen atoms in total. The second-order valence-electron chi connectivity index (χ2n) is 3.00. The van der Waals surface area contributed by atoms with E-state index in [9.17, 15) is 4.79 Å². The number of nitrogens with zero attached hydrogens (tertiary/aromatic N) is 3. The summed E-state index contributed by atoms with van der Waals surface area (Å²) in [5.74, 6) is -0.0341. The molecule has 0 amide bonds. The molecule has 0 spiro atoms. The first-order valence-corrected chi connectivity index (χ1v) is 7.64. The van der Waals surface area contributed by atoms with Crippen LogP contribution in [-0.2, 0) is 7.05 Å². The molecule has 0 unspecified atom stereocenters. The Balaban J connectivity index is 2.54. The summed E-state index contributed by atoms with van der Waals surface area (Å²) in [5.41, 5.74) is 0.464. The zero-order chi connectivity index (χ0) is 11.3. The smallest absolute Gasteiger partial charge is 0.197 e. The van der Waals surface area contributed by atoms with Gasteiger partial charge >= 0.3 is 0 Å². The number of Topliss-reactive ketones (excluding diaryl/α,β-unsaturated/α-hetero) is 1. The molecular weight excluding hydrogens is 329 g/mol. The van der Waals surface area contributed by atoms with Gasteiger partial charge in [0.25, 0.3) is 0 Å². The van der Waals surface area contributed by atoms with Gasteiger partial charge in [-0.15, -0.1) is 0 Å². The summed E-state index contributed by atoms with van der Waals surface area (Å²) in [5, 5.41) is 8.77. The molecule has 1 aromatic heterocycles. The van der Waals surface area contributed by atoms with Crippen molar-refractivity contribution in [1.82, 2.24) is 13.9 Å². The summed E-state index contributed by atoms with van der Waals surface area (Å²) in [4.78, 5) is 15.7. The first-order chi connectivity index (χ1) is 7.17. The summed E-state index contributed by atoms with van der Waals surface area (Å²) < 4.78 is 3.53. The third kappa shape index (κ3) is 4.09. The van der Waals surface area contributed by atoms with E-state index in [1.165, 1.54) is 9.12 Å². The van der Waals surface area contributed by atoms with Gasteiger partial charge in [-0.05, 0) is 9.12 Å². The molecule has 0 fully saturated rings. The molecular formula is C8H12IN3O2S. The minimum atomic E-state index is -0.0341. The van der Waals surface area contributed by atoms with Crippen LogP contribution in [0, 0.1) is 0 Å². The zero-order valence-electron chi connectivity index (χ0n) is 8.26. The quantitative estimate of drug-likeness (QED) is 0.473. The minimum Gasteiger partial charge on any atom is -0.395 e. The number of hydrogen-bond donors (Lipinski definition) is 1. The third-order valence-corrected chi connectivity index (χ3v) is 3.94. The highest BCUT2D eigenvalue weighted by Crippen LogP contribution is 2.17. The molecule has 0 saturated carbocycles. The van der Waals surface area contributed by atoms with E-state index in [1.807, 2.05) is 7.05 Å². The van der Waals surface area contributed by atoms with Crippen molar-refractivity contribution in [3.8, 4) is 0 Å². The molecule has 1 rings (SSSR count). The molecule has 0 aliphatic heterocycles. The Morgan fingerprint density at radius 3 is 3.00 bits per heavy atom. The maximum Gasteiger partial charge on any atom is 0.197 e. The highest BCUT2D eigenvalue weighted by molar-refractivity contribution is 14.2. The third-order valence-electron chi connectivity index (χ3n) is 1.76. The van der Waals surface area contributed by atoms with E-state index in [-0.39, 0.29) is 18.9 Å². The number of hydrogen-bond acceptors (Lipinski definition) is 5. The van der Waals surface area contributed by atoms with Gasteiger partial charge in [0.1, 0.15) is 5.69 Å². The van der Waals surface area contributed by atoms with E-state index in [4.69, 9.17) is 5.11 Å². The van der Waals surface area contributed by atoms with Crippen molar-refractivity contribution >= 4 is 36.1 Å². The Kier molecular flexibility index (Phi) is 5.58. The molecule has 0 aromatic carbocycles. The molecule has 1 N–H and O–H groups in total. The minimum absolute atomic E-state index is 0.0341. The number of aromatic nitrogens is 2. The first kappa shape index (κ1) is 12.9. The van der Waals surface area contributed by atoms with Crippen molar-refractivity contribution in [1.29, 1.82) is 0 Å². The van der Waals surface area contributed by atoms with Crippen LogP contribution in [-0.4, -0.2) is 44.4 Å². The fraction of sp³-hybridized carbons (Fsp3) is 0.500. The number of aliphatic hydroxyl groups excluding tert-OH is 1. The van der Waals surface area contributed by atoms with Gasteiger partial charge < -0.3 is 9.67 Å². The summed E-state index contributed by atoms with van der Waals surface area (Å²) in [7, 11) is 3.23. The Morgan fingerprint density at radius 2 is 2.53 bits per heavy atom.